The van der Waals surface area contributed by atoms with Crippen LogP contribution < -0.4 is 0 Å². The minimum atomic E-state index is 0.365. The van der Waals surface area contributed by atoms with Crippen molar-refractivity contribution in [2.24, 2.45) is 0 Å². The van der Waals surface area contributed by atoms with Crippen molar-refractivity contribution in [1.82, 2.24) is 14.5 Å². The van der Waals surface area contributed by atoms with Gasteiger partial charge in [-0.3, -0.25) is 4.57 Å². The van der Waals surface area contributed by atoms with Crippen LogP contribution in [0.4, 0.5) is 0 Å². The van der Waals surface area contributed by atoms with E-state index in [0.29, 0.717) is 5.88 Å². The van der Waals surface area contributed by atoms with Crippen molar-refractivity contribution in [2.75, 3.05) is 0 Å². The number of hydrogen-bond donors (Lipinski definition) is 0. The normalized spacial score (nSPS) is 11.1. The average Bonchev–Trinajstić information content (AvgIpc) is 2.79. The molecule has 0 saturated carbocycles. The summed E-state index contributed by atoms with van der Waals surface area (Å²) in [6.45, 7) is 4.12. The highest BCUT2D eigenvalue weighted by atomic mass is 35.5. The topological polar surface area (TPSA) is 30.7 Å². The zero-order valence-corrected chi connectivity index (χ0v) is 11.6. The van der Waals surface area contributed by atoms with Gasteiger partial charge in [0.1, 0.15) is 11.3 Å². The molecule has 0 atom stereocenters. The summed E-state index contributed by atoms with van der Waals surface area (Å²) in [7, 11) is 0. The Labute approximate surface area is 116 Å². The third kappa shape index (κ3) is 1.90. The van der Waals surface area contributed by atoms with Gasteiger partial charge in [0.2, 0.25) is 0 Å². The summed E-state index contributed by atoms with van der Waals surface area (Å²) in [6, 6.07) is 10.2. The number of hydrogen-bond acceptors (Lipinski definition) is 2. The van der Waals surface area contributed by atoms with Gasteiger partial charge in [0, 0.05) is 6.20 Å². The van der Waals surface area contributed by atoms with E-state index in [9.17, 15) is 0 Å². The van der Waals surface area contributed by atoms with Crippen LogP contribution in [0.1, 0.15) is 17.0 Å². The first-order valence-electron chi connectivity index (χ1n) is 6.17. The van der Waals surface area contributed by atoms with Crippen molar-refractivity contribution in [3.63, 3.8) is 0 Å². The van der Waals surface area contributed by atoms with Crippen LogP contribution in [0.5, 0.6) is 0 Å². The quantitative estimate of drug-likeness (QED) is 0.664. The highest BCUT2D eigenvalue weighted by Crippen LogP contribution is 2.24. The van der Waals surface area contributed by atoms with E-state index in [1.165, 1.54) is 5.56 Å². The summed E-state index contributed by atoms with van der Waals surface area (Å²) in [5, 5.41) is 0. The van der Waals surface area contributed by atoms with Gasteiger partial charge in [-0.1, -0.05) is 18.2 Å². The molecule has 0 amide bonds. The molecule has 0 N–H and O–H groups in total. The summed E-state index contributed by atoms with van der Waals surface area (Å²) >= 11 is 6.05. The SMILES string of the molecule is Cc1ccccc1-n1c(CCl)nc2c(C)ccnc21. The van der Waals surface area contributed by atoms with Crippen molar-refractivity contribution >= 4 is 22.8 Å². The van der Waals surface area contributed by atoms with E-state index in [1.54, 1.807) is 0 Å². The number of imidazole rings is 1. The molecule has 3 nitrogen and oxygen atoms in total. The van der Waals surface area contributed by atoms with Crippen LogP contribution in [-0.2, 0) is 5.88 Å². The van der Waals surface area contributed by atoms with Gasteiger partial charge in [-0.05, 0) is 37.1 Å². The van der Waals surface area contributed by atoms with Crippen LogP contribution >= 0.6 is 11.6 Å². The second-order valence-corrected chi connectivity index (χ2v) is 4.85. The molecule has 2 aromatic heterocycles. The summed E-state index contributed by atoms with van der Waals surface area (Å²) in [5.74, 6) is 1.19. The Balaban J connectivity index is 2.40. The summed E-state index contributed by atoms with van der Waals surface area (Å²) in [4.78, 5) is 9.09. The number of halogens is 1. The fourth-order valence-electron chi connectivity index (χ4n) is 2.30. The third-order valence-corrected chi connectivity index (χ3v) is 3.53. The van der Waals surface area contributed by atoms with E-state index in [2.05, 4.69) is 29.0 Å². The Kier molecular flexibility index (Phi) is 2.99. The van der Waals surface area contributed by atoms with E-state index >= 15 is 0 Å². The number of para-hydroxylation sites is 1. The molecule has 0 aliphatic rings. The maximum Gasteiger partial charge on any atom is 0.164 e. The molecule has 1 aromatic carbocycles. The van der Waals surface area contributed by atoms with Crippen LogP contribution in [0, 0.1) is 13.8 Å². The number of rotatable bonds is 2. The molecule has 3 rings (SSSR count). The van der Waals surface area contributed by atoms with Gasteiger partial charge < -0.3 is 0 Å². The van der Waals surface area contributed by atoms with Gasteiger partial charge >= 0.3 is 0 Å². The lowest BCUT2D eigenvalue weighted by molar-refractivity contribution is 0.960. The third-order valence-electron chi connectivity index (χ3n) is 3.29. The van der Waals surface area contributed by atoms with Crippen LogP contribution in [0.3, 0.4) is 0 Å². The fourth-order valence-corrected chi connectivity index (χ4v) is 2.48. The maximum atomic E-state index is 6.05. The molecule has 4 heteroatoms. The van der Waals surface area contributed by atoms with Gasteiger partial charge in [-0.2, -0.15) is 0 Å². The minimum absolute atomic E-state index is 0.365. The molecule has 0 aliphatic heterocycles. The fraction of sp³-hybridized carbons (Fsp3) is 0.200. The molecule has 0 fully saturated rings. The van der Waals surface area contributed by atoms with E-state index in [1.807, 2.05) is 35.9 Å². The van der Waals surface area contributed by atoms with Crippen LogP contribution in [-0.4, -0.2) is 14.5 Å². The van der Waals surface area contributed by atoms with Crippen molar-refractivity contribution in [3.05, 3.63) is 53.5 Å². The predicted molar refractivity (Wildman–Crippen MR) is 77.9 cm³/mol. The Hall–Kier alpha value is -1.87. The zero-order chi connectivity index (χ0) is 13.4. The smallest absolute Gasteiger partial charge is 0.164 e. The van der Waals surface area contributed by atoms with E-state index < -0.39 is 0 Å². The molecule has 0 spiro atoms. The van der Waals surface area contributed by atoms with E-state index in [0.717, 1.165) is 28.2 Å². The monoisotopic (exact) mass is 271 g/mol. The number of pyridine rings is 1. The Morgan fingerprint density at radius 1 is 1.11 bits per heavy atom. The number of aromatic nitrogens is 3. The number of aryl methyl sites for hydroxylation is 2. The second-order valence-electron chi connectivity index (χ2n) is 4.58. The van der Waals surface area contributed by atoms with Crippen molar-refractivity contribution < 1.29 is 0 Å². The Morgan fingerprint density at radius 2 is 1.89 bits per heavy atom. The molecular weight excluding hydrogens is 258 g/mol. The standard InChI is InChI=1S/C15H14ClN3/c1-10-5-3-4-6-12(10)19-13(9-16)18-14-11(2)7-8-17-15(14)19/h3-8H,9H2,1-2H3. The summed E-state index contributed by atoms with van der Waals surface area (Å²) in [6.07, 6.45) is 1.81. The lowest BCUT2D eigenvalue weighted by Crippen LogP contribution is -2.02. The molecular formula is C15H14ClN3. The van der Waals surface area contributed by atoms with E-state index in [4.69, 9.17) is 11.6 Å². The highest BCUT2D eigenvalue weighted by molar-refractivity contribution is 6.17. The largest absolute Gasteiger partial charge is 0.279 e. The molecule has 0 aliphatic carbocycles. The summed E-state index contributed by atoms with van der Waals surface area (Å²) < 4.78 is 2.05. The first-order chi connectivity index (χ1) is 9.22. The molecule has 0 radical (unpaired) electrons. The first kappa shape index (κ1) is 12.2. The van der Waals surface area contributed by atoms with Crippen LogP contribution in [0.25, 0.3) is 16.9 Å². The lowest BCUT2D eigenvalue weighted by Gasteiger charge is -2.10. The number of alkyl halides is 1. The first-order valence-corrected chi connectivity index (χ1v) is 6.70. The molecule has 96 valence electrons. The molecule has 3 aromatic rings. The average molecular weight is 272 g/mol. The van der Waals surface area contributed by atoms with Crippen molar-refractivity contribution in [3.8, 4) is 5.69 Å². The molecule has 0 unspecified atom stereocenters. The van der Waals surface area contributed by atoms with Gasteiger partial charge in [-0.25, -0.2) is 9.97 Å². The highest BCUT2D eigenvalue weighted by Gasteiger charge is 2.15. The van der Waals surface area contributed by atoms with Gasteiger partial charge in [0.05, 0.1) is 11.6 Å². The minimum Gasteiger partial charge on any atom is -0.279 e. The van der Waals surface area contributed by atoms with Gasteiger partial charge in [0.25, 0.3) is 0 Å². The van der Waals surface area contributed by atoms with Gasteiger partial charge in [-0.15, -0.1) is 11.6 Å². The Morgan fingerprint density at radius 3 is 2.63 bits per heavy atom. The molecule has 19 heavy (non-hydrogen) atoms. The van der Waals surface area contributed by atoms with Crippen LogP contribution in [0.2, 0.25) is 0 Å². The maximum absolute atomic E-state index is 6.05. The van der Waals surface area contributed by atoms with Crippen molar-refractivity contribution in [2.45, 2.75) is 19.7 Å². The molecule has 0 saturated heterocycles. The Bertz CT molecular complexity index is 746. The van der Waals surface area contributed by atoms with Crippen LogP contribution in [0.15, 0.2) is 36.5 Å². The predicted octanol–water partition coefficient (Wildman–Crippen LogP) is 3.78. The van der Waals surface area contributed by atoms with Gasteiger partial charge in [0.15, 0.2) is 5.65 Å². The molecule has 2 heterocycles. The summed E-state index contributed by atoms with van der Waals surface area (Å²) in [5.41, 5.74) is 5.16. The van der Waals surface area contributed by atoms with Crippen molar-refractivity contribution in [1.29, 1.82) is 0 Å². The number of fused-ring (bicyclic) bond motifs is 1. The number of benzene rings is 1. The lowest BCUT2D eigenvalue weighted by atomic mass is 10.2. The second kappa shape index (κ2) is 4.67. The van der Waals surface area contributed by atoms with E-state index in [-0.39, 0.29) is 0 Å². The molecule has 0 bridgehead atoms. The zero-order valence-electron chi connectivity index (χ0n) is 10.9. The number of nitrogens with zero attached hydrogens (tertiary/aromatic N) is 3.